The molecule has 0 amide bonds. The summed E-state index contributed by atoms with van der Waals surface area (Å²) in [6.07, 6.45) is 1.78. The Morgan fingerprint density at radius 3 is 2.62 bits per heavy atom. The van der Waals surface area contributed by atoms with Crippen molar-refractivity contribution in [2.75, 3.05) is 49.8 Å². The van der Waals surface area contributed by atoms with Crippen molar-refractivity contribution in [1.29, 1.82) is 0 Å². The number of aryl methyl sites for hydroxylation is 1. The first-order valence-electron chi connectivity index (χ1n) is 10.8. The summed E-state index contributed by atoms with van der Waals surface area (Å²) in [7, 11) is 0. The van der Waals surface area contributed by atoms with Gasteiger partial charge in [-0.1, -0.05) is 48.0 Å². The maximum Gasteiger partial charge on any atom is 0.217 e. The molecule has 2 heterocycles. The molecule has 4 rings (SSSR count). The molecule has 0 radical (unpaired) electrons. The van der Waals surface area contributed by atoms with E-state index in [1.54, 1.807) is 6.21 Å². The van der Waals surface area contributed by atoms with Crippen molar-refractivity contribution in [2.45, 2.75) is 6.92 Å². The monoisotopic (exact) mass is 432 g/mol. The minimum absolute atomic E-state index is 0.389. The van der Waals surface area contributed by atoms with Crippen LogP contribution in [0.15, 0.2) is 71.8 Å². The number of ether oxygens (including phenoxy) is 3. The summed E-state index contributed by atoms with van der Waals surface area (Å²) in [5, 5.41) is 4.36. The summed E-state index contributed by atoms with van der Waals surface area (Å²) in [5.41, 5.74) is 6.28. The molecule has 0 atom stereocenters. The second-order valence-electron chi connectivity index (χ2n) is 7.44. The van der Waals surface area contributed by atoms with Gasteiger partial charge in [-0.25, -0.2) is 0 Å². The average molecular weight is 433 g/mol. The number of pyridine rings is 1. The molecule has 1 aliphatic rings. The molecule has 0 bridgehead atoms. The van der Waals surface area contributed by atoms with Gasteiger partial charge in [0.1, 0.15) is 19.0 Å². The lowest BCUT2D eigenvalue weighted by molar-refractivity contribution is 0.122. The highest BCUT2D eigenvalue weighted by molar-refractivity contribution is 5.80. The van der Waals surface area contributed by atoms with Crippen LogP contribution in [0.4, 0.5) is 11.5 Å². The number of hydrogen-bond donors (Lipinski definition) is 1. The van der Waals surface area contributed by atoms with Crippen LogP contribution in [0, 0.1) is 6.92 Å². The topological polar surface area (TPSA) is 68.2 Å². The van der Waals surface area contributed by atoms with Gasteiger partial charge in [0.25, 0.3) is 0 Å². The van der Waals surface area contributed by atoms with E-state index in [2.05, 4.69) is 39.5 Å². The van der Waals surface area contributed by atoms with Gasteiger partial charge in [-0.3, -0.25) is 5.43 Å². The van der Waals surface area contributed by atoms with Crippen LogP contribution in [0.2, 0.25) is 0 Å². The van der Waals surface area contributed by atoms with Gasteiger partial charge in [0, 0.05) is 30.9 Å². The number of anilines is 2. The maximum absolute atomic E-state index is 5.89. The minimum atomic E-state index is 0.389. The second kappa shape index (κ2) is 11.2. The van der Waals surface area contributed by atoms with Crippen LogP contribution in [-0.4, -0.2) is 50.7 Å². The van der Waals surface area contributed by atoms with E-state index in [0.717, 1.165) is 30.1 Å². The third-order valence-electron chi connectivity index (χ3n) is 4.94. The van der Waals surface area contributed by atoms with Crippen LogP contribution >= 0.6 is 0 Å². The Bertz CT molecular complexity index is 1020. The number of para-hydroxylation sites is 1. The van der Waals surface area contributed by atoms with Gasteiger partial charge in [0.2, 0.25) is 5.88 Å². The molecular weight excluding hydrogens is 404 g/mol. The van der Waals surface area contributed by atoms with Crippen molar-refractivity contribution in [3.63, 3.8) is 0 Å². The van der Waals surface area contributed by atoms with Gasteiger partial charge < -0.3 is 19.1 Å². The lowest BCUT2D eigenvalue weighted by atomic mass is 10.2. The van der Waals surface area contributed by atoms with Gasteiger partial charge in [-0.2, -0.15) is 10.1 Å². The first-order chi connectivity index (χ1) is 15.8. The normalized spacial score (nSPS) is 13.8. The number of nitrogens with one attached hydrogen (secondary N) is 1. The molecule has 0 spiro atoms. The molecule has 2 aromatic carbocycles. The number of benzene rings is 2. The molecule has 1 saturated heterocycles. The van der Waals surface area contributed by atoms with Crippen LogP contribution in [0.5, 0.6) is 11.6 Å². The van der Waals surface area contributed by atoms with Crippen molar-refractivity contribution in [2.24, 2.45) is 5.10 Å². The number of nitrogens with zero attached hydrogens (tertiary/aromatic N) is 3. The maximum atomic E-state index is 5.89. The molecule has 3 aromatic rings. The summed E-state index contributed by atoms with van der Waals surface area (Å²) in [6, 6.07) is 21.8. The molecule has 0 unspecified atom stereocenters. The van der Waals surface area contributed by atoms with Crippen molar-refractivity contribution < 1.29 is 14.2 Å². The Kier molecular flexibility index (Phi) is 7.55. The summed E-state index contributed by atoms with van der Waals surface area (Å²) >= 11 is 0. The number of hydrogen-bond acceptors (Lipinski definition) is 7. The fraction of sp³-hybridized carbons (Fsp3) is 0.280. The fourth-order valence-corrected chi connectivity index (χ4v) is 3.37. The van der Waals surface area contributed by atoms with Gasteiger partial charge in [0.15, 0.2) is 5.82 Å². The van der Waals surface area contributed by atoms with E-state index in [1.165, 1.54) is 5.56 Å². The van der Waals surface area contributed by atoms with Crippen LogP contribution in [0.25, 0.3) is 0 Å². The first-order valence-corrected chi connectivity index (χ1v) is 10.8. The van der Waals surface area contributed by atoms with Crippen LogP contribution in [0.1, 0.15) is 11.1 Å². The highest BCUT2D eigenvalue weighted by atomic mass is 16.5. The van der Waals surface area contributed by atoms with Crippen LogP contribution in [-0.2, 0) is 4.74 Å². The lowest BCUT2D eigenvalue weighted by Gasteiger charge is -2.29. The van der Waals surface area contributed by atoms with E-state index in [4.69, 9.17) is 14.2 Å². The average Bonchev–Trinajstić information content (AvgIpc) is 2.83. The zero-order chi connectivity index (χ0) is 22.0. The Balaban J connectivity index is 1.42. The number of rotatable bonds is 9. The largest absolute Gasteiger partial charge is 0.490 e. The van der Waals surface area contributed by atoms with Gasteiger partial charge in [0.05, 0.1) is 19.4 Å². The molecule has 7 heteroatoms. The van der Waals surface area contributed by atoms with Gasteiger partial charge in [-0.05, 0) is 24.6 Å². The van der Waals surface area contributed by atoms with Crippen molar-refractivity contribution in [1.82, 2.24) is 4.98 Å². The predicted octanol–water partition coefficient (Wildman–Crippen LogP) is 4.13. The van der Waals surface area contributed by atoms with Crippen molar-refractivity contribution >= 4 is 17.7 Å². The number of morpholine rings is 1. The quantitative estimate of drug-likeness (QED) is 0.312. The standard InChI is InChI=1S/C25H28N4O3/c1-20-6-5-7-21(16-20)19-26-28-24-17-22(29-10-12-30-13-11-29)18-25(27-24)32-15-14-31-23-8-3-2-4-9-23/h2-9,16-19H,10-15H2,1H3,(H,27,28). The summed E-state index contributed by atoms with van der Waals surface area (Å²) < 4.78 is 17.1. The van der Waals surface area contributed by atoms with E-state index >= 15 is 0 Å². The molecule has 0 saturated carbocycles. The zero-order valence-corrected chi connectivity index (χ0v) is 18.2. The minimum Gasteiger partial charge on any atom is -0.490 e. The number of aromatic nitrogens is 1. The van der Waals surface area contributed by atoms with Crippen LogP contribution < -0.4 is 19.8 Å². The lowest BCUT2D eigenvalue weighted by Crippen LogP contribution is -2.36. The summed E-state index contributed by atoms with van der Waals surface area (Å²) in [6.45, 7) is 5.94. The fourth-order valence-electron chi connectivity index (χ4n) is 3.37. The third-order valence-corrected chi connectivity index (χ3v) is 4.94. The van der Waals surface area contributed by atoms with Gasteiger partial charge in [-0.15, -0.1) is 0 Å². The molecule has 1 aliphatic heterocycles. The van der Waals surface area contributed by atoms with Crippen molar-refractivity contribution in [3.05, 3.63) is 77.9 Å². The van der Waals surface area contributed by atoms with Crippen molar-refractivity contribution in [3.8, 4) is 11.6 Å². The molecule has 166 valence electrons. The molecule has 7 nitrogen and oxygen atoms in total. The van der Waals surface area contributed by atoms with Crippen LogP contribution in [0.3, 0.4) is 0 Å². The molecule has 0 aliphatic carbocycles. The first kappa shape index (κ1) is 21.6. The SMILES string of the molecule is Cc1cccc(C=NNc2cc(N3CCOCC3)cc(OCCOc3ccccc3)n2)c1. The highest BCUT2D eigenvalue weighted by Crippen LogP contribution is 2.25. The smallest absolute Gasteiger partial charge is 0.217 e. The van der Waals surface area contributed by atoms with Gasteiger partial charge >= 0.3 is 0 Å². The zero-order valence-electron chi connectivity index (χ0n) is 18.2. The Hall–Kier alpha value is -3.58. The predicted molar refractivity (Wildman–Crippen MR) is 127 cm³/mol. The van der Waals surface area contributed by atoms with E-state index in [-0.39, 0.29) is 0 Å². The Morgan fingerprint density at radius 2 is 1.81 bits per heavy atom. The number of hydrazone groups is 1. The van der Waals surface area contributed by atoms with E-state index in [0.29, 0.717) is 38.1 Å². The van der Waals surface area contributed by atoms with E-state index in [1.807, 2.05) is 54.6 Å². The molecule has 1 fully saturated rings. The Labute approximate surface area is 188 Å². The second-order valence-corrected chi connectivity index (χ2v) is 7.44. The molecule has 1 N–H and O–H groups in total. The van der Waals surface area contributed by atoms with E-state index in [9.17, 15) is 0 Å². The molecular formula is C25H28N4O3. The molecule has 32 heavy (non-hydrogen) atoms. The Morgan fingerprint density at radius 1 is 1.00 bits per heavy atom. The summed E-state index contributed by atoms with van der Waals surface area (Å²) in [5.74, 6) is 1.97. The third kappa shape index (κ3) is 6.46. The summed E-state index contributed by atoms with van der Waals surface area (Å²) in [4.78, 5) is 6.82. The highest BCUT2D eigenvalue weighted by Gasteiger charge is 2.14. The molecule has 1 aromatic heterocycles. The van der Waals surface area contributed by atoms with E-state index < -0.39 is 0 Å².